The lowest BCUT2D eigenvalue weighted by molar-refractivity contribution is -0.130. The number of rotatable bonds is 14. The zero-order chi connectivity index (χ0) is 45.9. The summed E-state index contributed by atoms with van der Waals surface area (Å²) in [6.45, 7) is 9.76. The number of carbonyl (C=O) groups excluding carboxylic acids is 6. The molecule has 0 spiro atoms. The number of thiazole rings is 2. The number of amides is 6. The van der Waals surface area contributed by atoms with Crippen LogP contribution in [0.5, 0.6) is 5.75 Å². The van der Waals surface area contributed by atoms with Crippen molar-refractivity contribution in [1.29, 1.82) is 0 Å². The fourth-order valence-corrected chi connectivity index (χ4v) is 11.8. The van der Waals surface area contributed by atoms with E-state index >= 15 is 0 Å². The van der Waals surface area contributed by atoms with Gasteiger partial charge in [0.05, 0.1) is 38.0 Å². The Bertz CT molecular complexity index is 2580. The zero-order valence-corrected chi connectivity index (χ0v) is 40.0. The third-order valence-corrected chi connectivity index (χ3v) is 16.1. The molecule has 0 bridgehead atoms. The first-order valence-electron chi connectivity index (χ1n) is 21.2. The number of aryl methyl sites for hydroxylation is 1. The Morgan fingerprint density at radius 1 is 0.831 bits per heavy atom. The minimum atomic E-state index is -0.319. The maximum Gasteiger partial charge on any atom is 0.257 e. The molecule has 2 aliphatic heterocycles. The molecule has 65 heavy (non-hydrogen) atoms. The van der Waals surface area contributed by atoms with Gasteiger partial charge in [-0.05, 0) is 87.6 Å². The molecule has 2 aromatic carbocycles. The first-order chi connectivity index (χ1) is 31.3. The van der Waals surface area contributed by atoms with Crippen LogP contribution in [0.2, 0.25) is 5.02 Å². The molecule has 8 rings (SSSR count). The molecule has 4 fully saturated rings. The van der Waals surface area contributed by atoms with E-state index in [0.717, 1.165) is 34.8 Å². The highest BCUT2D eigenvalue weighted by atomic mass is 35.5. The lowest BCUT2D eigenvalue weighted by Gasteiger charge is -2.39. The normalized spacial score (nSPS) is 17.6. The molecule has 6 amide bonds. The van der Waals surface area contributed by atoms with E-state index in [2.05, 4.69) is 22.2 Å². The molecule has 0 unspecified atom stereocenters. The van der Waals surface area contributed by atoms with Gasteiger partial charge >= 0.3 is 0 Å². The molecule has 2 aromatic heterocycles. The number of nitrogens with one attached hydrogen (secondary N) is 2. The zero-order valence-electron chi connectivity index (χ0n) is 36.0. The number of ether oxygens (including phenoxy) is 1. The Kier molecular flexibility index (Phi) is 14.3. The van der Waals surface area contributed by atoms with Crippen LogP contribution in [0.15, 0.2) is 73.5 Å². The van der Waals surface area contributed by atoms with Crippen molar-refractivity contribution in [3.05, 3.63) is 82.7 Å². The number of halogens is 1. The average Bonchev–Trinajstić information content (AvgIpc) is 4.25. The van der Waals surface area contributed by atoms with Crippen LogP contribution in [0, 0.1) is 18.8 Å². The molecule has 2 saturated heterocycles. The van der Waals surface area contributed by atoms with Crippen LogP contribution >= 0.6 is 57.8 Å². The second kappa shape index (κ2) is 20.1. The van der Waals surface area contributed by atoms with Crippen molar-refractivity contribution in [3.63, 3.8) is 0 Å². The van der Waals surface area contributed by atoms with E-state index in [1.165, 1.54) is 65.5 Å². The number of nitrogens with zero attached hydrogens (tertiary/aromatic N) is 6. The van der Waals surface area contributed by atoms with Gasteiger partial charge in [-0.1, -0.05) is 64.4 Å². The molecule has 340 valence electrons. The fraction of sp³-hybridized carbons (Fsp3) is 0.378. The summed E-state index contributed by atoms with van der Waals surface area (Å²) in [5, 5.41) is 7.16. The predicted molar refractivity (Wildman–Crippen MR) is 253 cm³/mol. The van der Waals surface area contributed by atoms with Crippen molar-refractivity contribution in [1.82, 2.24) is 29.6 Å². The van der Waals surface area contributed by atoms with E-state index in [-0.39, 0.29) is 53.3 Å². The van der Waals surface area contributed by atoms with Crippen LogP contribution in [0.4, 0.5) is 10.3 Å². The molecule has 4 aliphatic rings. The summed E-state index contributed by atoms with van der Waals surface area (Å²) in [5.41, 5.74) is 2.05. The van der Waals surface area contributed by atoms with Crippen LogP contribution in [0.3, 0.4) is 0 Å². The van der Waals surface area contributed by atoms with Crippen molar-refractivity contribution >= 4 is 110 Å². The number of aromatic nitrogens is 2. The maximum absolute atomic E-state index is 14.0. The van der Waals surface area contributed by atoms with E-state index in [9.17, 15) is 28.8 Å². The number of anilines is 2. The Labute approximate surface area is 398 Å². The Hall–Kier alpha value is -5.21. The van der Waals surface area contributed by atoms with Crippen LogP contribution in [0.25, 0.3) is 6.08 Å². The first-order valence-corrected chi connectivity index (χ1v) is 24.8. The largest absolute Gasteiger partial charge is 0.496 e. The van der Waals surface area contributed by atoms with E-state index in [1.807, 2.05) is 19.9 Å². The van der Waals surface area contributed by atoms with Gasteiger partial charge in [-0.25, -0.2) is 9.97 Å². The van der Waals surface area contributed by atoms with Gasteiger partial charge in [0.1, 0.15) is 5.75 Å². The minimum absolute atomic E-state index is 0.00458. The quantitative estimate of drug-likeness (QED) is 0.120. The van der Waals surface area contributed by atoms with E-state index in [4.69, 9.17) is 21.3 Å². The summed E-state index contributed by atoms with van der Waals surface area (Å²) in [6.07, 6.45) is 9.51. The Morgan fingerprint density at radius 2 is 1.49 bits per heavy atom. The monoisotopic (exact) mass is 974 g/mol. The van der Waals surface area contributed by atoms with E-state index in [1.54, 1.807) is 56.1 Å². The number of benzene rings is 2. The van der Waals surface area contributed by atoms with Gasteiger partial charge in [0, 0.05) is 85.1 Å². The van der Waals surface area contributed by atoms with Crippen molar-refractivity contribution < 1.29 is 33.5 Å². The van der Waals surface area contributed by atoms with Crippen LogP contribution < -0.4 is 15.4 Å². The highest BCUT2D eigenvalue weighted by molar-refractivity contribution is 8.01. The summed E-state index contributed by atoms with van der Waals surface area (Å²) in [4.78, 5) is 96.0. The second-order valence-electron chi connectivity index (χ2n) is 16.2. The highest BCUT2D eigenvalue weighted by Crippen LogP contribution is 2.43. The summed E-state index contributed by atoms with van der Waals surface area (Å²) < 4.78 is 7.12. The topological polar surface area (TPSA) is 174 Å². The van der Waals surface area contributed by atoms with Gasteiger partial charge in [-0.15, -0.1) is 0 Å². The molecule has 2 aliphatic carbocycles. The molecule has 0 radical (unpaired) electrons. The Morgan fingerprint density at radius 3 is 2.15 bits per heavy atom. The summed E-state index contributed by atoms with van der Waals surface area (Å²) in [6, 6.07) is 8.62. The first kappa shape index (κ1) is 46.3. The lowest BCUT2D eigenvalue weighted by atomic mass is 10.1. The maximum atomic E-state index is 14.0. The molecule has 20 heteroatoms. The smallest absolute Gasteiger partial charge is 0.257 e. The van der Waals surface area contributed by atoms with Gasteiger partial charge in [0.2, 0.25) is 23.6 Å². The molecule has 4 aromatic rings. The SMILES string of the molecule is C=CC(=O)N1CCN(C(=O)c2cc(Sc3sc(NC(=O)C4CC4)nc3C=CC(=O)N3CCN(C(=O)c4cc(Sc5cnc(NC(=O)C6CC6)s5)ccc4OC)C[C@H]3C)c(Cl)cc2C)CC1. The van der Waals surface area contributed by atoms with E-state index in [0.29, 0.717) is 98.3 Å². The fourth-order valence-electron chi connectivity index (χ4n) is 7.43. The summed E-state index contributed by atoms with van der Waals surface area (Å²) in [5.74, 6) is -0.456. The molecule has 4 heterocycles. The lowest BCUT2D eigenvalue weighted by Crippen LogP contribution is -2.55. The number of piperazine rings is 2. The predicted octanol–water partition coefficient (Wildman–Crippen LogP) is 7.43. The molecule has 2 N–H and O–H groups in total. The summed E-state index contributed by atoms with van der Waals surface area (Å²) in [7, 11) is 1.52. The summed E-state index contributed by atoms with van der Waals surface area (Å²) >= 11 is 12.2. The number of hydrogen-bond donors (Lipinski definition) is 2. The number of carbonyl (C=O) groups is 6. The van der Waals surface area contributed by atoms with Crippen molar-refractivity contribution in [2.24, 2.45) is 11.8 Å². The van der Waals surface area contributed by atoms with E-state index < -0.39 is 0 Å². The van der Waals surface area contributed by atoms with Crippen LogP contribution in [-0.4, -0.2) is 124 Å². The van der Waals surface area contributed by atoms with Gasteiger partial charge < -0.3 is 35.0 Å². The van der Waals surface area contributed by atoms with Crippen LogP contribution in [-0.2, 0) is 19.2 Å². The van der Waals surface area contributed by atoms with Gasteiger partial charge in [-0.3, -0.25) is 28.8 Å². The van der Waals surface area contributed by atoms with Gasteiger partial charge in [0.25, 0.3) is 11.8 Å². The third-order valence-electron chi connectivity index (χ3n) is 11.4. The molecule has 15 nitrogen and oxygen atoms in total. The average molecular weight is 976 g/mol. The molecular formula is C45H47ClN8O7S4. The minimum Gasteiger partial charge on any atom is -0.496 e. The molecule has 1 atom stereocenters. The van der Waals surface area contributed by atoms with Crippen molar-refractivity contribution in [3.8, 4) is 5.75 Å². The molecular weight excluding hydrogens is 928 g/mol. The van der Waals surface area contributed by atoms with Crippen molar-refractivity contribution in [2.45, 2.75) is 63.8 Å². The Balaban J connectivity index is 0.937. The standard InChI is InChI=1S/C45H47ClN8O7S4/c1-5-36(55)51-14-16-52(17-15-51)41(59)30-22-35(32(46)20-25(30)2)63-43-33(48-45(65-43)50-40(58)28-8-9-28)11-13-37(56)54-19-18-53(24-26(54)3)42(60)31-21-29(10-12-34(31)61-4)62-38-23-47-44(64-38)49-39(57)27-6-7-27/h5,10-13,20-23,26-28H,1,6-9,14-19,24H2,2-4H3,(H,47,49,57)(H,48,50,58)/t26-/m1/s1. The molecule has 2 saturated carbocycles. The second-order valence-corrected chi connectivity index (χ2v) is 21.3. The highest BCUT2D eigenvalue weighted by Gasteiger charge is 2.33. The van der Waals surface area contributed by atoms with Crippen molar-refractivity contribution in [2.75, 3.05) is 63.6 Å². The number of hydrogen-bond acceptors (Lipinski definition) is 13. The third kappa shape index (κ3) is 11.1. The van der Waals surface area contributed by atoms with Gasteiger partial charge in [0.15, 0.2) is 10.3 Å². The number of methoxy groups -OCH3 is 1. The van der Waals surface area contributed by atoms with Crippen LogP contribution in [0.1, 0.15) is 64.6 Å². The van der Waals surface area contributed by atoms with Gasteiger partial charge in [-0.2, -0.15) is 0 Å².